The summed E-state index contributed by atoms with van der Waals surface area (Å²) in [7, 11) is 0. The summed E-state index contributed by atoms with van der Waals surface area (Å²) in [4.78, 5) is 3.71. The number of hydrogen-bond acceptors (Lipinski definition) is 3. The highest BCUT2D eigenvalue weighted by Gasteiger charge is 2.35. The molecule has 1 heterocycles. The largest absolute Gasteiger partial charge is 0.475 e. The number of aromatic nitrogens is 1. The molecule has 0 radical (unpaired) electrons. The van der Waals surface area contributed by atoms with Gasteiger partial charge in [-0.05, 0) is 18.4 Å². The first-order chi connectivity index (χ1) is 8.29. The molecule has 0 fully saturated rings. The maximum Gasteiger partial charge on any atom is 0.418 e. The molecule has 0 atom stereocenters. The lowest BCUT2D eigenvalue weighted by Gasteiger charge is -2.19. The van der Waals surface area contributed by atoms with Crippen LogP contribution in [0.25, 0.3) is 0 Å². The van der Waals surface area contributed by atoms with Crippen LogP contribution in [0.3, 0.4) is 0 Å². The number of aliphatic hydroxyl groups excluding tert-OH is 1. The van der Waals surface area contributed by atoms with Crippen molar-refractivity contribution < 1.29 is 23.0 Å². The van der Waals surface area contributed by atoms with Gasteiger partial charge in [-0.25, -0.2) is 4.98 Å². The highest BCUT2D eigenvalue weighted by Crippen LogP contribution is 2.37. The fourth-order valence-corrected chi connectivity index (χ4v) is 1.82. The summed E-state index contributed by atoms with van der Waals surface area (Å²) in [5.41, 5.74) is -0.193. The molecule has 6 heteroatoms. The lowest BCUT2D eigenvalue weighted by molar-refractivity contribution is -0.138. The standard InChI is InChI=1S/C12H16F3NO2/c1-7(2)10-8(3)9(12(13,14)15)6-16-11(10)18-5-4-17/h6-7,17H,4-5H2,1-3H3. The van der Waals surface area contributed by atoms with Gasteiger partial charge in [-0.15, -0.1) is 0 Å². The van der Waals surface area contributed by atoms with Crippen LogP contribution in [0.1, 0.15) is 36.5 Å². The maximum atomic E-state index is 12.8. The maximum absolute atomic E-state index is 12.8. The van der Waals surface area contributed by atoms with Gasteiger partial charge in [-0.2, -0.15) is 13.2 Å². The van der Waals surface area contributed by atoms with Gasteiger partial charge in [0.15, 0.2) is 0 Å². The molecule has 3 nitrogen and oxygen atoms in total. The Hall–Kier alpha value is -1.30. The van der Waals surface area contributed by atoms with E-state index in [0.29, 0.717) is 5.56 Å². The van der Waals surface area contributed by atoms with E-state index < -0.39 is 11.7 Å². The second kappa shape index (κ2) is 5.56. The molecular weight excluding hydrogens is 247 g/mol. The summed E-state index contributed by atoms with van der Waals surface area (Å²) in [6.07, 6.45) is -3.65. The minimum Gasteiger partial charge on any atom is -0.475 e. The van der Waals surface area contributed by atoms with E-state index in [0.717, 1.165) is 6.20 Å². The molecule has 0 amide bonds. The van der Waals surface area contributed by atoms with E-state index in [1.54, 1.807) is 13.8 Å². The van der Waals surface area contributed by atoms with Gasteiger partial charge in [0, 0.05) is 11.8 Å². The SMILES string of the molecule is Cc1c(C(F)(F)F)cnc(OCCO)c1C(C)C. The molecule has 0 saturated heterocycles. The van der Waals surface area contributed by atoms with Crippen molar-refractivity contribution in [3.63, 3.8) is 0 Å². The lowest BCUT2D eigenvalue weighted by atomic mass is 9.96. The predicted molar refractivity (Wildman–Crippen MR) is 60.6 cm³/mol. The number of alkyl halides is 3. The molecule has 0 bridgehead atoms. The molecule has 1 N–H and O–H groups in total. The monoisotopic (exact) mass is 263 g/mol. The summed E-state index contributed by atoms with van der Waals surface area (Å²) in [5.74, 6) is 0.0121. The number of ether oxygens (including phenoxy) is 1. The van der Waals surface area contributed by atoms with Crippen molar-refractivity contribution in [1.82, 2.24) is 4.98 Å². The fraction of sp³-hybridized carbons (Fsp3) is 0.583. The Labute approximate surface area is 104 Å². The third-order valence-corrected chi connectivity index (χ3v) is 2.56. The lowest BCUT2D eigenvalue weighted by Crippen LogP contribution is -2.14. The molecule has 0 spiro atoms. The van der Waals surface area contributed by atoms with Gasteiger partial charge < -0.3 is 9.84 Å². The first-order valence-electron chi connectivity index (χ1n) is 5.59. The molecule has 0 aliphatic carbocycles. The Morgan fingerprint density at radius 1 is 1.39 bits per heavy atom. The molecule has 0 aromatic carbocycles. The first-order valence-corrected chi connectivity index (χ1v) is 5.59. The second-order valence-electron chi connectivity index (χ2n) is 4.24. The zero-order valence-electron chi connectivity index (χ0n) is 10.5. The minimum atomic E-state index is -4.42. The summed E-state index contributed by atoms with van der Waals surface area (Å²) < 4.78 is 43.4. The van der Waals surface area contributed by atoms with E-state index in [1.807, 2.05) is 0 Å². The molecule has 0 aliphatic heterocycles. The molecule has 0 aliphatic rings. The van der Waals surface area contributed by atoms with Crippen molar-refractivity contribution in [1.29, 1.82) is 0 Å². The van der Waals surface area contributed by atoms with Gasteiger partial charge in [0.1, 0.15) is 6.61 Å². The molecule has 0 unspecified atom stereocenters. The zero-order valence-corrected chi connectivity index (χ0v) is 10.5. The van der Waals surface area contributed by atoms with Crippen LogP contribution in [0.5, 0.6) is 5.88 Å². The molecule has 1 aromatic heterocycles. The smallest absolute Gasteiger partial charge is 0.418 e. The average Bonchev–Trinajstić information content (AvgIpc) is 2.23. The summed E-state index contributed by atoms with van der Waals surface area (Å²) >= 11 is 0. The zero-order chi connectivity index (χ0) is 13.9. The Balaban J connectivity index is 3.29. The number of nitrogens with zero attached hydrogens (tertiary/aromatic N) is 1. The topological polar surface area (TPSA) is 42.4 Å². The molecule has 0 saturated carbocycles. The second-order valence-corrected chi connectivity index (χ2v) is 4.24. The van der Waals surface area contributed by atoms with Crippen LogP contribution >= 0.6 is 0 Å². The van der Waals surface area contributed by atoms with Crippen LogP contribution in [-0.4, -0.2) is 23.3 Å². The molecule has 1 aromatic rings. The minimum absolute atomic E-state index is 0.0114. The van der Waals surface area contributed by atoms with Crippen molar-refractivity contribution >= 4 is 0 Å². The van der Waals surface area contributed by atoms with Crippen LogP contribution in [0, 0.1) is 6.92 Å². The summed E-state index contributed by atoms with van der Waals surface area (Å²) in [6, 6.07) is 0. The van der Waals surface area contributed by atoms with Gasteiger partial charge in [-0.1, -0.05) is 13.8 Å². The average molecular weight is 263 g/mol. The number of halogens is 3. The van der Waals surface area contributed by atoms with Crippen molar-refractivity contribution in [2.24, 2.45) is 0 Å². The van der Waals surface area contributed by atoms with Crippen molar-refractivity contribution in [2.45, 2.75) is 32.9 Å². The number of rotatable bonds is 4. The van der Waals surface area contributed by atoms with E-state index in [4.69, 9.17) is 9.84 Å². The molecule has 1 rings (SSSR count). The van der Waals surface area contributed by atoms with Crippen LogP contribution in [-0.2, 0) is 6.18 Å². The fourth-order valence-electron chi connectivity index (χ4n) is 1.82. The van der Waals surface area contributed by atoms with Crippen molar-refractivity contribution in [3.8, 4) is 5.88 Å². The molecule has 102 valence electrons. The highest BCUT2D eigenvalue weighted by atomic mass is 19.4. The third-order valence-electron chi connectivity index (χ3n) is 2.56. The van der Waals surface area contributed by atoms with Gasteiger partial charge in [0.2, 0.25) is 5.88 Å². The van der Waals surface area contributed by atoms with E-state index in [-0.39, 0.29) is 30.6 Å². The Morgan fingerprint density at radius 3 is 2.44 bits per heavy atom. The normalized spacial score (nSPS) is 12.0. The van der Waals surface area contributed by atoms with Crippen molar-refractivity contribution in [3.05, 3.63) is 22.9 Å². The number of aliphatic hydroxyl groups is 1. The Kier molecular flexibility index (Phi) is 4.56. The van der Waals surface area contributed by atoms with Crippen molar-refractivity contribution in [2.75, 3.05) is 13.2 Å². The third kappa shape index (κ3) is 3.13. The van der Waals surface area contributed by atoms with E-state index in [1.165, 1.54) is 6.92 Å². The van der Waals surface area contributed by atoms with Crippen LogP contribution in [0.2, 0.25) is 0 Å². The summed E-state index contributed by atoms with van der Waals surface area (Å²) in [6.45, 7) is 4.76. The van der Waals surface area contributed by atoms with E-state index in [2.05, 4.69) is 4.98 Å². The van der Waals surface area contributed by atoms with Gasteiger partial charge in [0.25, 0.3) is 0 Å². The highest BCUT2D eigenvalue weighted by molar-refractivity contribution is 5.42. The van der Waals surface area contributed by atoms with Gasteiger partial charge >= 0.3 is 6.18 Å². The quantitative estimate of drug-likeness (QED) is 0.908. The van der Waals surface area contributed by atoms with Crippen LogP contribution < -0.4 is 4.74 Å². The number of hydrogen-bond donors (Lipinski definition) is 1. The molecular formula is C12H16F3NO2. The van der Waals surface area contributed by atoms with Gasteiger partial charge in [0.05, 0.1) is 12.2 Å². The van der Waals surface area contributed by atoms with Gasteiger partial charge in [-0.3, -0.25) is 0 Å². The van der Waals surface area contributed by atoms with E-state index in [9.17, 15) is 13.2 Å². The Morgan fingerprint density at radius 2 is 2.00 bits per heavy atom. The van der Waals surface area contributed by atoms with E-state index >= 15 is 0 Å². The summed E-state index contributed by atoms with van der Waals surface area (Å²) in [5, 5.41) is 8.68. The predicted octanol–water partition coefficient (Wildman–Crippen LogP) is 2.90. The van der Waals surface area contributed by atoms with Crippen LogP contribution in [0.4, 0.5) is 13.2 Å². The van der Waals surface area contributed by atoms with Crippen LogP contribution in [0.15, 0.2) is 6.20 Å². The Bertz CT molecular complexity index is 417. The number of pyridine rings is 1. The molecule has 18 heavy (non-hydrogen) atoms. The first kappa shape index (κ1) is 14.8.